The lowest BCUT2D eigenvalue weighted by Crippen LogP contribution is -2.43. The maximum absolute atomic E-state index is 14.0. The first-order valence-electron chi connectivity index (χ1n) is 12.0. The molecule has 1 atom stereocenters. The molecule has 0 saturated carbocycles. The lowest BCUT2D eigenvalue weighted by Gasteiger charge is -2.35. The van der Waals surface area contributed by atoms with E-state index in [0.717, 1.165) is 75.2 Å². The standard InChI is InChI=1S/C25H35FN4O2/c1-3-23-18(2)24(28-27-23)25(31)30(17-21-8-6-14-32-21)15-19-10-12-29(13-11-19)16-20-7-4-5-9-22(20)26/h4-5,7,9,19,21H,3,6,8,10-17H2,1-2H3,(H,27,28)/t21-/m0/s1. The maximum Gasteiger partial charge on any atom is 0.274 e. The number of piperidine rings is 1. The van der Waals surface area contributed by atoms with Crippen LogP contribution in [0.2, 0.25) is 0 Å². The second-order valence-corrected chi connectivity index (χ2v) is 9.19. The fourth-order valence-corrected chi connectivity index (χ4v) is 4.92. The molecule has 2 aliphatic heterocycles. The van der Waals surface area contributed by atoms with Crippen LogP contribution in [0.4, 0.5) is 4.39 Å². The molecule has 0 aliphatic carbocycles. The van der Waals surface area contributed by atoms with Crippen LogP contribution in [0.15, 0.2) is 24.3 Å². The Bertz CT molecular complexity index is 901. The van der Waals surface area contributed by atoms with E-state index in [0.29, 0.717) is 24.7 Å². The quantitative estimate of drug-likeness (QED) is 0.672. The highest BCUT2D eigenvalue weighted by atomic mass is 19.1. The lowest BCUT2D eigenvalue weighted by atomic mass is 9.95. The first-order valence-corrected chi connectivity index (χ1v) is 12.0. The van der Waals surface area contributed by atoms with Crippen LogP contribution in [0.5, 0.6) is 0 Å². The van der Waals surface area contributed by atoms with E-state index in [1.807, 2.05) is 24.0 Å². The van der Waals surface area contributed by atoms with Gasteiger partial charge in [0.25, 0.3) is 5.91 Å². The molecule has 32 heavy (non-hydrogen) atoms. The van der Waals surface area contributed by atoms with Gasteiger partial charge in [0, 0.05) is 43.1 Å². The first-order chi connectivity index (χ1) is 15.5. The summed E-state index contributed by atoms with van der Waals surface area (Å²) in [5.41, 5.74) is 3.26. The molecule has 174 valence electrons. The number of benzene rings is 1. The Morgan fingerprint density at radius 2 is 2.03 bits per heavy atom. The van der Waals surface area contributed by atoms with Crippen molar-refractivity contribution < 1.29 is 13.9 Å². The highest BCUT2D eigenvalue weighted by Crippen LogP contribution is 2.24. The number of carbonyl (C=O) groups excluding carboxylic acids is 1. The van der Waals surface area contributed by atoms with E-state index < -0.39 is 0 Å². The fourth-order valence-electron chi connectivity index (χ4n) is 4.92. The number of aromatic nitrogens is 2. The van der Waals surface area contributed by atoms with Gasteiger partial charge >= 0.3 is 0 Å². The van der Waals surface area contributed by atoms with Gasteiger partial charge in [-0.05, 0) is 64.1 Å². The molecule has 2 aromatic rings. The van der Waals surface area contributed by atoms with Gasteiger partial charge in [-0.25, -0.2) is 4.39 Å². The van der Waals surface area contributed by atoms with Crippen LogP contribution in [0.1, 0.15) is 59.9 Å². The first kappa shape index (κ1) is 22.9. The largest absolute Gasteiger partial charge is 0.376 e. The van der Waals surface area contributed by atoms with Gasteiger partial charge < -0.3 is 9.64 Å². The van der Waals surface area contributed by atoms with E-state index in [1.54, 1.807) is 6.07 Å². The molecule has 7 heteroatoms. The predicted octanol–water partition coefficient (Wildman–Crippen LogP) is 3.95. The molecule has 1 N–H and O–H groups in total. The summed E-state index contributed by atoms with van der Waals surface area (Å²) in [4.78, 5) is 17.7. The van der Waals surface area contributed by atoms with Crippen molar-refractivity contribution in [3.63, 3.8) is 0 Å². The van der Waals surface area contributed by atoms with E-state index in [9.17, 15) is 9.18 Å². The SMILES string of the molecule is CCc1[nH]nc(C(=O)N(CC2CCN(Cc3ccccc3F)CC2)C[C@@H]2CCCO2)c1C. The highest BCUT2D eigenvalue weighted by Gasteiger charge is 2.30. The van der Waals surface area contributed by atoms with Gasteiger partial charge in [-0.3, -0.25) is 14.8 Å². The van der Waals surface area contributed by atoms with Crippen molar-refractivity contribution in [1.29, 1.82) is 0 Å². The number of ether oxygens (including phenoxy) is 1. The number of rotatable bonds is 8. The van der Waals surface area contributed by atoms with Crippen LogP contribution in [0, 0.1) is 18.7 Å². The molecule has 1 aromatic carbocycles. The van der Waals surface area contributed by atoms with Crippen LogP contribution < -0.4 is 0 Å². The second kappa shape index (κ2) is 10.6. The average Bonchev–Trinajstić information content (AvgIpc) is 3.45. The third-order valence-corrected chi connectivity index (χ3v) is 6.94. The third kappa shape index (κ3) is 5.38. The van der Waals surface area contributed by atoms with E-state index in [2.05, 4.69) is 22.0 Å². The maximum atomic E-state index is 14.0. The molecular formula is C25H35FN4O2. The molecule has 1 aromatic heterocycles. The molecule has 3 heterocycles. The minimum absolute atomic E-state index is 0.00253. The number of nitrogens with one attached hydrogen (secondary N) is 1. The number of hydrogen-bond donors (Lipinski definition) is 1. The van der Waals surface area contributed by atoms with Crippen molar-refractivity contribution in [3.8, 4) is 0 Å². The molecule has 1 amide bonds. The Morgan fingerprint density at radius 3 is 2.69 bits per heavy atom. The summed E-state index contributed by atoms with van der Waals surface area (Å²) in [6, 6.07) is 7.01. The summed E-state index contributed by atoms with van der Waals surface area (Å²) in [5, 5.41) is 7.37. The van der Waals surface area contributed by atoms with Crippen LogP contribution in [0.25, 0.3) is 0 Å². The fraction of sp³-hybridized carbons (Fsp3) is 0.600. The molecule has 2 saturated heterocycles. The van der Waals surface area contributed by atoms with Gasteiger partial charge in [0.1, 0.15) is 5.82 Å². The molecule has 2 aliphatic rings. The van der Waals surface area contributed by atoms with E-state index in [1.165, 1.54) is 6.07 Å². The summed E-state index contributed by atoms with van der Waals surface area (Å²) in [6.45, 7) is 8.65. The molecule has 4 rings (SSSR count). The van der Waals surface area contributed by atoms with Crippen molar-refractivity contribution in [2.45, 2.75) is 58.6 Å². The normalized spacial score (nSPS) is 20.0. The van der Waals surface area contributed by atoms with Crippen LogP contribution in [0.3, 0.4) is 0 Å². The van der Waals surface area contributed by atoms with Gasteiger partial charge in [0.2, 0.25) is 0 Å². The topological polar surface area (TPSA) is 61.5 Å². The van der Waals surface area contributed by atoms with Gasteiger partial charge in [-0.1, -0.05) is 25.1 Å². The second-order valence-electron chi connectivity index (χ2n) is 9.19. The number of aryl methyl sites for hydroxylation is 1. The minimum atomic E-state index is -0.135. The molecule has 0 radical (unpaired) electrons. The average molecular weight is 443 g/mol. The molecule has 0 spiro atoms. The molecule has 2 fully saturated rings. The zero-order valence-corrected chi connectivity index (χ0v) is 19.3. The number of likely N-dealkylation sites (tertiary alicyclic amines) is 1. The third-order valence-electron chi connectivity index (χ3n) is 6.94. The van der Waals surface area contributed by atoms with Crippen molar-refractivity contribution in [3.05, 3.63) is 52.6 Å². The summed E-state index contributed by atoms with van der Waals surface area (Å²) < 4.78 is 19.8. The Labute approximate surface area is 190 Å². The number of H-pyrrole nitrogens is 1. The highest BCUT2D eigenvalue weighted by molar-refractivity contribution is 5.94. The predicted molar refractivity (Wildman–Crippen MR) is 122 cm³/mol. The molecule has 0 unspecified atom stereocenters. The number of carbonyl (C=O) groups is 1. The Morgan fingerprint density at radius 1 is 1.25 bits per heavy atom. The number of hydrogen-bond acceptors (Lipinski definition) is 4. The van der Waals surface area contributed by atoms with E-state index >= 15 is 0 Å². The van der Waals surface area contributed by atoms with Gasteiger partial charge in [-0.15, -0.1) is 0 Å². The van der Waals surface area contributed by atoms with Gasteiger partial charge in [0.15, 0.2) is 5.69 Å². The summed E-state index contributed by atoms with van der Waals surface area (Å²) in [5.74, 6) is 0.300. The van der Waals surface area contributed by atoms with Gasteiger partial charge in [0.05, 0.1) is 6.10 Å². The monoisotopic (exact) mass is 442 g/mol. The number of halogens is 1. The van der Waals surface area contributed by atoms with Gasteiger partial charge in [-0.2, -0.15) is 5.10 Å². The van der Waals surface area contributed by atoms with Crippen LogP contribution in [-0.2, 0) is 17.7 Å². The Balaban J connectivity index is 1.38. The molecular weight excluding hydrogens is 407 g/mol. The molecule has 0 bridgehead atoms. The van der Waals surface area contributed by atoms with E-state index in [-0.39, 0.29) is 17.8 Å². The van der Waals surface area contributed by atoms with Crippen molar-refractivity contribution in [2.75, 3.05) is 32.8 Å². The summed E-state index contributed by atoms with van der Waals surface area (Å²) >= 11 is 0. The van der Waals surface area contributed by atoms with Crippen LogP contribution >= 0.6 is 0 Å². The summed E-state index contributed by atoms with van der Waals surface area (Å²) in [6.07, 6.45) is 5.02. The van der Waals surface area contributed by atoms with Crippen LogP contribution in [-0.4, -0.2) is 64.8 Å². The Hall–Kier alpha value is -2.25. The zero-order valence-electron chi connectivity index (χ0n) is 19.3. The number of amides is 1. The zero-order chi connectivity index (χ0) is 22.5. The number of nitrogens with zero attached hydrogens (tertiary/aromatic N) is 3. The van der Waals surface area contributed by atoms with Crippen molar-refractivity contribution in [2.24, 2.45) is 5.92 Å². The minimum Gasteiger partial charge on any atom is -0.376 e. The molecule has 6 nitrogen and oxygen atoms in total. The van der Waals surface area contributed by atoms with Crippen molar-refractivity contribution >= 4 is 5.91 Å². The summed E-state index contributed by atoms with van der Waals surface area (Å²) in [7, 11) is 0. The van der Waals surface area contributed by atoms with Crippen molar-refractivity contribution in [1.82, 2.24) is 20.0 Å². The Kier molecular flexibility index (Phi) is 7.58. The lowest BCUT2D eigenvalue weighted by molar-refractivity contribution is 0.0439. The van der Waals surface area contributed by atoms with E-state index in [4.69, 9.17) is 4.74 Å². The number of aromatic amines is 1. The smallest absolute Gasteiger partial charge is 0.274 e.